The highest BCUT2D eigenvalue weighted by atomic mass is 16.4. The summed E-state index contributed by atoms with van der Waals surface area (Å²) in [7, 11) is 0. The fraction of sp³-hybridized carbons (Fsp3) is 0.500. The number of carboxylic acids is 1. The molecule has 0 aliphatic heterocycles. The number of nitrogens with two attached hydrogens (primary N) is 1. The molecule has 11 heteroatoms. The van der Waals surface area contributed by atoms with Gasteiger partial charge in [-0.15, -0.1) is 0 Å². The van der Waals surface area contributed by atoms with E-state index in [1.54, 1.807) is 19.1 Å². The number of aliphatic hydroxyl groups is 1. The largest absolute Gasteiger partial charge is 0.508 e. The molecular formula is C20H30N4O7. The van der Waals surface area contributed by atoms with E-state index in [9.17, 15) is 24.3 Å². The molecule has 1 aromatic rings. The minimum absolute atomic E-state index is 0.0278. The Balaban J connectivity index is 3.05. The van der Waals surface area contributed by atoms with Gasteiger partial charge in [0.05, 0.1) is 6.61 Å². The lowest BCUT2D eigenvalue weighted by molar-refractivity contribution is -0.139. The molecule has 0 saturated carbocycles. The van der Waals surface area contributed by atoms with Crippen molar-refractivity contribution in [3.63, 3.8) is 0 Å². The number of aliphatic hydroxyl groups excluding tert-OH is 1. The number of carbonyl (C=O) groups excluding carboxylic acids is 3. The smallest absolute Gasteiger partial charge is 0.322 e. The number of phenolic OH excluding ortho intramolecular Hbond substituents is 1. The molecule has 11 nitrogen and oxygen atoms in total. The van der Waals surface area contributed by atoms with Crippen molar-refractivity contribution >= 4 is 23.7 Å². The molecule has 0 aromatic heterocycles. The van der Waals surface area contributed by atoms with Crippen LogP contribution in [-0.4, -0.2) is 70.3 Å². The second kappa shape index (κ2) is 12.5. The van der Waals surface area contributed by atoms with E-state index >= 15 is 0 Å². The Hall–Kier alpha value is -3.18. The van der Waals surface area contributed by atoms with Gasteiger partial charge < -0.3 is 37.0 Å². The highest BCUT2D eigenvalue weighted by Crippen LogP contribution is 2.13. The van der Waals surface area contributed by atoms with Gasteiger partial charge in [-0.1, -0.05) is 32.4 Å². The molecule has 0 heterocycles. The third-order valence-corrected chi connectivity index (χ3v) is 4.75. The van der Waals surface area contributed by atoms with Gasteiger partial charge in [-0.3, -0.25) is 19.2 Å². The van der Waals surface area contributed by atoms with E-state index in [1.807, 2.05) is 6.92 Å². The summed E-state index contributed by atoms with van der Waals surface area (Å²) < 4.78 is 0. The summed E-state index contributed by atoms with van der Waals surface area (Å²) in [6.45, 7) is 2.32. The lowest BCUT2D eigenvalue weighted by Gasteiger charge is -2.27. The van der Waals surface area contributed by atoms with Crippen LogP contribution in [0.5, 0.6) is 5.75 Å². The van der Waals surface area contributed by atoms with Crippen LogP contribution in [-0.2, 0) is 25.6 Å². The summed E-state index contributed by atoms with van der Waals surface area (Å²) in [4.78, 5) is 48.3. The molecule has 0 saturated heterocycles. The van der Waals surface area contributed by atoms with E-state index in [1.165, 1.54) is 12.1 Å². The first-order valence-corrected chi connectivity index (χ1v) is 9.83. The third kappa shape index (κ3) is 8.60. The van der Waals surface area contributed by atoms with Gasteiger partial charge in [-0.25, -0.2) is 0 Å². The number of hydrogen-bond acceptors (Lipinski definition) is 7. The van der Waals surface area contributed by atoms with Gasteiger partial charge in [0.25, 0.3) is 0 Å². The van der Waals surface area contributed by atoms with Crippen LogP contribution in [0.4, 0.5) is 0 Å². The van der Waals surface area contributed by atoms with Crippen molar-refractivity contribution in [1.29, 1.82) is 0 Å². The lowest BCUT2D eigenvalue weighted by Crippen LogP contribution is -2.58. The van der Waals surface area contributed by atoms with Crippen molar-refractivity contribution in [2.24, 2.45) is 11.7 Å². The zero-order chi connectivity index (χ0) is 23.6. The van der Waals surface area contributed by atoms with Crippen molar-refractivity contribution in [3.05, 3.63) is 29.8 Å². The molecule has 31 heavy (non-hydrogen) atoms. The number of aromatic hydroxyl groups is 1. The monoisotopic (exact) mass is 438 g/mol. The van der Waals surface area contributed by atoms with Crippen molar-refractivity contribution in [2.75, 3.05) is 13.2 Å². The van der Waals surface area contributed by atoms with Gasteiger partial charge in [-0.2, -0.15) is 0 Å². The number of hydrogen-bond donors (Lipinski definition) is 7. The number of carboxylic acid groups (broad SMARTS) is 1. The van der Waals surface area contributed by atoms with Gasteiger partial charge >= 0.3 is 5.97 Å². The zero-order valence-corrected chi connectivity index (χ0v) is 17.5. The Morgan fingerprint density at radius 1 is 1.03 bits per heavy atom. The molecule has 0 radical (unpaired) electrons. The van der Waals surface area contributed by atoms with E-state index in [-0.39, 0.29) is 18.1 Å². The van der Waals surface area contributed by atoms with Crippen molar-refractivity contribution < 1.29 is 34.5 Å². The van der Waals surface area contributed by atoms with Crippen LogP contribution in [0.15, 0.2) is 24.3 Å². The van der Waals surface area contributed by atoms with Gasteiger partial charge in [0, 0.05) is 6.42 Å². The SMILES string of the molecule is CCC(C)C(NC(=O)C(Cc1ccc(O)cc1)NC(=O)C(N)CO)C(=O)NCC(=O)O. The van der Waals surface area contributed by atoms with E-state index in [0.717, 1.165) is 0 Å². The predicted octanol–water partition coefficient (Wildman–Crippen LogP) is -1.53. The Labute approximate surface area is 180 Å². The number of phenols is 1. The first-order valence-electron chi connectivity index (χ1n) is 9.83. The first-order chi connectivity index (χ1) is 14.6. The number of benzene rings is 1. The summed E-state index contributed by atoms with van der Waals surface area (Å²) >= 11 is 0. The highest BCUT2D eigenvalue weighted by Gasteiger charge is 2.30. The molecule has 0 spiro atoms. The first kappa shape index (κ1) is 25.9. The topological polar surface area (TPSA) is 191 Å². The Morgan fingerprint density at radius 2 is 1.65 bits per heavy atom. The van der Waals surface area contributed by atoms with Crippen molar-refractivity contribution in [3.8, 4) is 5.75 Å². The number of nitrogens with one attached hydrogen (secondary N) is 3. The molecule has 172 valence electrons. The van der Waals surface area contributed by atoms with E-state index in [0.29, 0.717) is 12.0 Å². The normalized spacial score (nSPS) is 14.6. The maximum absolute atomic E-state index is 13.0. The fourth-order valence-electron chi connectivity index (χ4n) is 2.67. The number of aliphatic carboxylic acids is 1. The maximum atomic E-state index is 13.0. The molecular weight excluding hydrogens is 408 g/mol. The maximum Gasteiger partial charge on any atom is 0.322 e. The summed E-state index contributed by atoms with van der Waals surface area (Å²) in [5, 5.41) is 34.6. The number of rotatable bonds is 12. The highest BCUT2D eigenvalue weighted by molar-refractivity contribution is 5.94. The van der Waals surface area contributed by atoms with Gasteiger partial charge in [0.15, 0.2) is 0 Å². The molecule has 0 fully saturated rings. The summed E-state index contributed by atoms with van der Waals surface area (Å²) in [5.74, 6) is -3.60. The molecule has 1 aromatic carbocycles. The minimum Gasteiger partial charge on any atom is -0.508 e. The van der Waals surface area contributed by atoms with Crippen molar-refractivity contribution in [2.45, 2.75) is 44.8 Å². The van der Waals surface area contributed by atoms with Crippen LogP contribution in [0.1, 0.15) is 25.8 Å². The predicted molar refractivity (Wildman–Crippen MR) is 111 cm³/mol. The average molecular weight is 438 g/mol. The molecule has 0 aliphatic rings. The molecule has 0 aliphatic carbocycles. The van der Waals surface area contributed by atoms with Crippen LogP contribution in [0.3, 0.4) is 0 Å². The fourth-order valence-corrected chi connectivity index (χ4v) is 2.67. The van der Waals surface area contributed by atoms with Crippen LogP contribution in [0, 0.1) is 5.92 Å². The molecule has 4 unspecified atom stereocenters. The van der Waals surface area contributed by atoms with Crippen LogP contribution >= 0.6 is 0 Å². The van der Waals surface area contributed by atoms with Crippen LogP contribution in [0.25, 0.3) is 0 Å². The second-order valence-electron chi connectivity index (χ2n) is 7.20. The van der Waals surface area contributed by atoms with Crippen molar-refractivity contribution in [1.82, 2.24) is 16.0 Å². The third-order valence-electron chi connectivity index (χ3n) is 4.75. The summed E-state index contributed by atoms with van der Waals surface area (Å²) in [5.41, 5.74) is 6.14. The van der Waals surface area contributed by atoms with E-state index in [4.69, 9.17) is 15.9 Å². The quantitative estimate of drug-likeness (QED) is 0.204. The number of carbonyl (C=O) groups is 4. The summed E-state index contributed by atoms with van der Waals surface area (Å²) in [6.07, 6.45) is 0.551. The molecule has 3 amide bonds. The van der Waals surface area contributed by atoms with Gasteiger partial charge in [-0.05, 0) is 23.6 Å². The van der Waals surface area contributed by atoms with Crippen LogP contribution in [0.2, 0.25) is 0 Å². The van der Waals surface area contributed by atoms with E-state index in [2.05, 4.69) is 16.0 Å². The minimum atomic E-state index is -1.24. The zero-order valence-electron chi connectivity index (χ0n) is 17.5. The average Bonchev–Trinajstić information content (AvgIpc) is 2.75. The van der Waals surface area contributed by atoms with Crippen LogP contribution < -0.4 is 21.7 Å². The Kier molecular flexibility index (Phi) is 10.4. The molecule has 8 N–H and O–H groups in total. The molecule has 1 rings (SSSR count). The Morgan fingerprint density at radius 3 is 2.16 bits per heavy atom. The van der Waals surface area contributed by atoms with E-state index < -0.39 is 55.0 Å². The Bertz CT molecular complexity index is 769. The number of amides is 3. The van der Waals surface area contributed by atoms with Gasteiger partial charge in [0.2, 0.25) is 17.7 Å². The summed E-state index contributed by atoms with van der Waals surface area (Å²) in [6, 6.07) is 2.59. The van der Waals surface area contributed by atoms with Gasteiger partial charge in [0.1, 0.15) is 30.4 Å². The second-order valence-corrected chi connectivity index (χ2v) is 7.20. The molecule has 4 atom stereocenters. The molecule has 0 bridgehead atoms. The lowest BCUT2D eigenvalue weighted by atomic mass is 9.97. The standard InChI is InChI=1S/C20H30N4O7/c1-3-11(2)17(20(31)22-9-16(27)28)24-19(30)15(23-18(29)14(21)10-25)8-12-4-6-13(26)7-5-12/h4-7,11,14-15,17,25-26H,3,8-10,21H2,1-2H3,(H,22,31)(H,23,29)(H,24,30)(H,27,28).